The van der Waals surface area contributed by atoms with Gasteiger partial charge in [-0.15, -0.1) is 0 Å². The summed E-state index contributed by atoms with van der Waals surface area (Å²) in [7, 11) is 1.63. The van der Waals surface area contributed by atoms with E-state index in [0.29, 0.717) is 31.9 Å². The second-order valence-electron chi connectivity index (χ2n) is 4.71. The maximum Gasteiger partial charge on any atom is 0.253 e. The molecule has 0 spiro atoms. The lowest BCUT2D eigenvalue weighted by atomic mass is 10.1. The van der Waals surface area contributed by atoms with Crippen LogP contribution in [-0.4, -0.2) is 45.4 Å². The third-order valence-electron chi connectivity index (χ3n) is 2.58. The summed E-state index contributed by atoms with van der Waals surface area (Å²) < 4.78 is 10.2. The summed E-state index contributed by atoms with van der Waals surface area (Å²) in [5, 5.41) is 6.11. The van der Waals surface area contributed by atoms with Gasteiger partial charge in [-0.3, -0.25) is 4.79 Å². The van der Waals surface area contributed by atoms with E-state index in [2.05, 4.69) is 10.6 Å². The number of anilines is 1. The number of ether oxygens (including phenoxy) is 2. The fourth-order valence-electron chi connectivity index (χ4n) is 1.69. The van der Waals surface area contributed by atoms with E-state index in [9.17, 15) is 4.79 Å². The second-order valence-corrected chi connectivity index (χ2v) is 4.71. The minimum absolute atomic E-state index is 0.0934. The van der Waals surface area contributed by atoms with Crippen LogP contribution in [0.4, 0.5) is 5.69 Å². The van der Waals surface area contributed by atoms with E-state index in [0.717, 1.165) is 5.69 Å². The zero-order chi connectivity index (χ0) is 14.8. The van der Waals surface area contributed by atoms with Crippen LogP contribution in [0.25, 0.3) is 0 Å². The van der Waals surface area contributed by atoms with Crippen LogP contribution in [0.5, 0.6) is 0 Å². The van der Waals surface area contributed by atoms with Gasteiger partial charge >= 0.3 is 0 Å². The van der Waals surface area contributed by atoms with Crippen LogP contribution >= 0.6 is 0 Å². The molecule has 1 aromatic rings. The van der Waals surface area contributed by atoms with E-state index in [1.807, 2.05) is 38.1 Å². The van der Waals surface area contributed by atoms with Crippen molar-refractivity contribution in [2.45, 2.75) is 19.9 Å². The van der Waals surface area contributed by atoms with E-state index in [1.54, 1.807) is 7.11 Å². The molecule has 0 saturated heterocycles. The van der Waals surface area contributed by atoms with Crippen molar-refractivity contribution in [3.8, 4) is 0 Å². The summed E-state index contributed by atoms with van der Waals surface area (Å²) in [5.41, 5.74) is 1.50. The molecule has 0 saturated carbocycles. The zero-order valence-corrected chi connectivity index (χ0v) is 12.4. The van der Waals surface area contributed by atoms with E-state index >= 15 is 0 Å². The Kier molecular flexibility index (Phi) is 7.69. The number of amides is 1. The Hall–Kier alpha value is -1.59. The fourth-order valence-corrected chi connectivity index (χ4v) is 1.69. The highest BCUT2D eigenvalue weighted by atomic mass is 16.5. The molecule has 5 nitrogen and oxygen atoms in total. The molecule has 0 atom stereocenters. The van der Waals surface area contributed by atoms with Crippen molar-refractivity contribution in [2.75, 3.05) is 38.8 Å². The van der Waals surface area contributed by atoms with E-state index in [-0.39, 0.29) is 11.9 Å². The smallest absolute Gasteiger partial charge is 0.253 e. The molecule has 0 heterocycles. The van der Waals surface area contributed by atoms with Crippen LogP contribution < -0.4 is 10.6 Å². The van der Waals surface area contributed by atoms with Crippen molar-refractivity contribution in [1.29, 1.82) is 0 Å². The van der Waals surface area contributed by atoms with E-state index < -0.39 is 0 Å². The van der Waals surface area contributed by atoms with Gasteiger partial charge in [0.2, 0.25) is 0 Å². The van der Waals surface area contributed by atoms with Gasteiger partial charge in [-0.1, -0.05) is 12.1 Å². The number of carbonyl (C=O) groups excluding carboxylic acids is 1. The molecule has 112 valence electrons. The summed E-state index contributed by atoms with van der Waals surface area (Å²) in [5.74, 6) is -0.0934. The number of benzene rings is 1. The lowest BCUT2D eigenvalue weighted by Gasteiger charge is -2.14. The Morgan fingerprint density at radius 1 is 1.20 bits per heavy atom. The molecule has 0 aromatic heterocycles. The molecular formula is C15H24N2O3. The number of carbonyl (C=O) groups is 1. The van der Waals surface area contributed by atoms with Crippen molar-refractivity contribution < 1.29 is 14.3 Å². The first-order valence-corrected chi connectivity index (χ1v) is 6.85. The molecule has 1 aromatic carbocycles. The Labute approximate surface area is 120 Å². The molecule has 0 aliphatic carbocycles. The lowest BCUT2D eigenvalue weighted by Crippen LogP contribution is -2.28. The summed E-state index contributed by atoms with van der Waals surface area (Å²) >= 11 is 0. The Bertz CT molecular complexity index is 408. The van der Waals surface area contributed by atoms with Crippen LogP contribution in [0.15, 0.2) is 24.3 Å². The van der Waals surface area contributed by atoms with Crippen molar-refractivity contribution in [2.24, 2.45) is 0 Å². The summed E-state index contributed by atoms with van der Waals surface area (Å²) in [6.45, 7) is 6.15. The highest BCUT2D eigenvalue weighted by Gasteiger charge is 2.10. The van der Waals surface area contributed by atoms with Gasteiger partial charge in [0.05, 0.1) is 25.4 Å². The topological polar surface area (TPSA) is 59.6 Å². The van der Waals surface area contributed by atoms with Gasteiger partial charge in [-0.05, 0) is 26.0 Å². The first-order chi connectivity index (χ1) is 9.65. The van der Waals surface area contributed by atoms with E-state index in [4.69, 9.17) is 9.47 Å². The largest absolute Gasteiger partial charge is 0.382 e. The second kappa shape index (κ2) is 9.34. The van der Waals surface area contributed by atoms with Gasteiger partial charge in [0.15, 0.2) is 0 Å². The molecule has 5 heteroatoms. The first kappa shape index (κ1) is 16.5. The highest BCUT2D eigenvalue weighted by molar-refractivity contribution is 5.99. The molecule has 1 amide bonds. The molecule has 2 N–H and O–H groups in total. The number of nitrogens with one attached hydrogen (secondary N) is 2. The minimum atomic E-state index is -0.0934. The van der Waals surface area contributed by atoms with E-state index in [1.165, 1.54) is 0 Å². The third-order valence-corrected chi connectivity index (χ3v) is 2.58. The Morgan fingerprint density at radius 3 is 2.65 bits per heavy atom. The number of rotatable bonds is 9. The highest BCUT2D eigenvalue weighted by Crippen LogP contribution is 2.15. The van der Waals surface area contributed by atoms with Crippen LogP contribution in [0.1, 0.15) is 24.2 Å². The molecule has 0 bridgehead atoms. The Balaban J connectivity index is 2.43. The summed E-state index contributed by atoms with van der Waals surface area (Å²) in [6.07, 6.45) is 0. The number of para-hydroxylation sites is 1. The molecule has 0 fully saturated rings. The van der Waals surface area contributed by atoms with Crippen LogP contribution in [0.2, 0.25) is 0 Å². The average Bonchev–Trinajstić information content (AvgIpc) is 2.42. The van der Waals surface area contributed by atoms with Gasteiger partial charge in [0, 0.05) is 25.4 Å². The van der Waals surface area contributed by atoms with Gasteiger partial charge in [0.1, 0.15) is 0 Å². The molecule has 0 aliphatic rings. The van der Waals surface area contributed by atoms with Gasteiger partial charge in [-0.25, -0.2) is 0 Å². The van der Waals surface area contributed by atoms with Gasteiger partial charge < -0.3 is 20.1 Å². The predicted molar refractivity (Wildman–Crippen MR) is 80.2 cm³/mol. The number of hydrogen-bond acceptors (Lipinski definition) is 4. The average molecular weight is 280 g/mol. The molecule has 20 heavy (non-hydrogen) atoms. The SMILES string of the molecule is COCCOCCNC(=O)c1ccccc1NC(C)C. The van der Waals surface area contributed by atoms with Crippen LogP contribution in [-0.2, 0) is 9.47 Å². The lowest BCUT2D eigenvalue weighted by molar-refractivity contribution is 0.0693. The third kappa shape index (κ3) is 6.04. The van der Waals surface area contributed by atoms with Crippen LogP contribution in [0.3, 0.4) is 0 Å². The summed E-state index contributed by atoms with van der Waals surface area (Å²) in [4.78, 5) is 12.1. The van der Waals surface area contributed by atoms with Crippen molar-refractivity contribution in [3.05, 3.63) is 29.8 Å². The standard InChI is InChI=1S/C15H24N2O3/c1-12(2)17-14-7-5-4-6-13(14)15(18)16-8-9-20-11-10-19-3/h4-7,12,17H,8-11H2,1-3H3,(H,16,18). The zero-order valence-electron chi connectivity index (χ0n) is 12.4. The Morgan fingerprint density at radius 2 is 1.95 bits per heavy atom. The van der Waals surface area contributed by atoms with Gasteiger partial charge in [-0.2, -0.15) is 0 Å². The fraction of sp³-hybridized carbons (Fsp3) is 0.533. The minimum Gasteiger partial charge on any atom is -0.382 e. The summed E-state index contributed by atoms with van der Waals surface area (Å²) in [6, 6.07) is 7.77. The maximum absolute atomic E-state index is 12.1. The predicted octanol–water partition coefficient (Wildman–Crippen LogP) is 1.90. The van der Waals surface area contributed by atoms with Crippen molar-refractivity contribution in [3.63, 3.8) is 0 Å². The molecular weight excluding hydrogens is 256 g/mol. The van der Waals surface area contributed by atoms with Crippen LogP contribution in [0, 0.1) is 0 Å². The first-order valence-electron chi connectivity index (χ1n) is 6.85. The molecule has 0 aliphatic heterocycles. The normalized spacial score (nSPS) is 10.6. The molecule has 0 radical (unpaired) electrons. The van der Waals surface area contributed by atoms with Gasteiger partial charge in [0.25, 0.3) is 5.91 Å². The molecule has 1 rings (SSSR count). The maximum atomic E-state index is 12.1. The quantitative estimate of drug-likeness (QED) is 0.678. The van der Waals surface area contributed by atoms with Crippen molar-refractivity contribution >= 4 is 11.6 Å². The molecule has 0 unspecified atom stereocenters. The van der Waals surface area contributed by atoms with Crippen molar-refractivity contribution in [1.82, 2.24) is 5.32 Å². The monoisotopic (exact) mass is 280 g/mol. The number of hydrogen-bond donors (Lipinski definition) is 2. The number of methoxy groups -OCH3 is 1.